The average molecular weight is 268 g/mol. The third-order valence-electron chi connectivity index (χ3n) is 2.63. The molecule has 4 atom stereocenters. The van der Waals surface area contributed by atoms with Crippen LogP contribution in [0.2, 0.25) is 0 Å². The highest BCUT2D eigenvalue weighted by molar-refractivity contribution is 8.09. The van der Waals surface area contributed by atoms with E-state index in [9.17, 15) is 4.89 Å². The fourth-order valence-corrected chi connectivity index (χ4v) is 2.91. The second-order valence-corrected chi connectivity index (χ2v) is 8.44. The van der Waals surface area contributed by atoms with Crippen LogP contribution in [0.15, 0.2) is 0 Å². The van der Waals surface area contributed by atoms with Gasteiger partial charge in [0.05, 0.1) is 18.8 Å². The second kappa shape index (κ2) is 5.89. The Morgan fingerprint density at radius 2 is 2.19 bits per heavy atom. The van der Waals surface area contributed by atoms with Crippen molar-refractivity contribution in [2.24, 2.45) is 5.92 Å². The van der Waals surface area contributed by atoms with Crippen molar-refractivity contribution >= 4 is 18.3 Å². The summed E-state index contributed by atoms with van der Waals surface area (Å²) in [5.74, 6) is 0.432. The van der Waals surface area contributed by atoms with Crippen molar-refractivity contribution < 1.29 is 18.9 Å². The van der Waals surface area contributed by atoms with Gasteiger partial charge in [0.15, 0.2) is 6.49 Å². The lowest BCUT2D eigenvalue weighted by atomic mass is 10.0. The topological polar surface area (TPSA) is 47.9 Å². The van der Waals surface area contributed by atoms with Gasteiger partial charge in [-0.15, -0.1) is 0 Å². The van der Waals surface area contributed by atoms with Crippen LogP contribution in [-0.2, 0) is 25.8 Å². The largest absolute Gasteiger partial charge is 0.382 e. The summed E-state index contributed by atoms with van der Waals surface area (Å²) in [6.07, 6.45) is 0.671. The molecule has 1 aliphatic heterocycles. The van der Waals surface area contributed by atoms with Crippen LogP contribution in [0.1, 0.15) is 20.3 Å². The smallest absolute Gasteiger partial charge is 0.183 e. The molecule has 1 saturated heterocycles. The SMILES string of the molecule is COC[C@H]1O[C@@H](C(C)C)C[C@H]1OP(C)(O)=S. The zero-order chi connectivity index (χ0) is 12.3. The first-order valence-corrected chi connectivity index (χ1v) is 8.58. The highest BCUT2D eigenvalue weighted by Crippen LogP contribution is 2.43. The monoisotopic (exact) mass is 268 g/mol. The van der Waals surface area contributed by atoms with Gasteiger partial charge in [0.2, 0.25) is 0 Å². The molecule has 0 amide bonds. The van der Waals surface area contributed by atoms with Crippen molar-refractivity contribution in [3.05, 3.63) is 0 Å². The molecule has 0 aromatic rings. The van der Waals surface area contributed by atoms with Crippen LogP contribution in [-0.4, -0.2) is 43.6 Å². The van der Waals surface area contributed by atoms with Gasteiger partial charge in [0.25, 0.3) is 0 Å². The average Bonchev–Trinajstić information content (AvgIpc) is 2.47. The molecule has 1 heterocycles. The van der Waals surface area contributed by atoms with Crippen LogP contribution >= 0.6 is 6.49 Å². The normalized spacial score (nSPS) is 34.2. The highest BCUT2D eigenvalue weighted by Gasteiger charge is 2.38. The minimum atomic E-state index is -2.63. The summed E-state index contributed by atoms with van der Waals surface area (Å²) in [7, 11) is 1.63. The van der Waals surface area contributed by atoms with Gasteiger partial charge in [-0.05, 0) is 17.7 Å². The van der Waals surface area contributed by atoms with E-state index in [1.807, 2.05) is 0 Å². The van der Waals surface area contributed by atoms with Crippen molar-refractivity contribution in [3.63, 3.8) is 0 Å². The number of rotatable bonds is 5. The highest BCUT2D eigenvalue weighted by atomic mass is 32.5. The molecule has 0 spiro atoms. The van der Waals surface area contributed by atoms with Crippen LogP contribution in [0.25, 0.3) is 0 Å². The van der Waals surface area contributed by atoms with Gasteiger partial charge in [0.1, 0.15) is 6.10 Å². The van der Waals surface area contributed by atoms with E-state index in [-0.39, 0.29) is 18.3 Å². The molecule has 0 radical (unpaired) electrons. The first-order valence-electron chi connectivity index (χ1n) is 5.46. The lowest BCUT2D eigenvalue weighted by Gasteiger charge is -2.21. The molecule has 1 rings (SSSR count). The molecule has 1 aliphatic rings. The van der Waals surface area contributed by atoms with Gasteiger partial charge in [-0.3, -0.25) is 0 Å². The van der Waals surface area contributed by atoms with Crippen LogP contribution < -0.4 is 0 Å². The van der Waals surface area contributed by atoms with Gasteiger partial charge in [-0.1, -0.05) is 13.8 Å². The van der Waals surface area contributed by atoms with Crippen molar-refractivity contribution in [1.29, 1.82) is 0 Å². The quantitative estimate of drug-likeness (QED) is 0.770. The fourth-order valence-electron chi connectivity index (χ4n) is 1.85. The summed E-state index contributed by atoms with van der Waals surface area (Å²) in [4.78, 5) is 9.60. The summed E-state index contributed by atoms with van der Waals surface area (Å²) in [6, 6.07) is 0. The minimum absolute atomic E-state index is 0.119. The molecule has 1 fully saturated rings. The zero-order valence-corrected chi connectivity index (χ0v) is 12.0. The summed E-state index contributed by atoms with van der Waals surface area (Å²) in [5.41, 5.74) is 0. The summed E-state index contributed by atoms with van der Waals surface area (Å²) in [5, 5.41) is 0. The number of ether oxygens (including phenoxy) is 2. The Hall–Kier alpha value is 0.490. The molecule has 0 aliphatic carbocycles. The molecular formula is C10H21O4PS. The van der Waals surface area contributed by atoms with Crippen molar-refractivity contribution in [3.8, 4) is 0 Å². The standard InChI is InChI=1S/C10H21O4PS/c1-7(2)8-5-9(14-15(4,11)16)10(13-8)6-12-3/h7-10H,5-6H2,1-4H3,(H,11,16)/t8-,9-,10-,15?/m1/s1. The molecular weight excluding hydrogens is 247 g/mol. The molecule has 0 aromatic heterocycles. The Kier molecular flexibility index (Phi) is 5.36. The maximum absolute atomic E-state index is 9.60. The molecule has 1 N–H and O–H groups in total. The van der Waals surface area contributed by atoms with Crippen LogP contribution in [0.4, 0.5) is 0 Å². The second-order valence-electron chi connectivity index (χ2n) is 4.59. The number of methoxy groups -OCH3 is 1. The zero-order valence-electron chi connectivity index (χ0n) is 10.3. The van der Waals surface area contributed by atoms with E-state index >= 15 is 0 Å². The lowest BCUT2D eigenvalue weighted by Crippen LogP contribution is -2.28. The van der Waals surface area contributed by atoms with Gasteiger partial charge in [-0.25, -0.2) is 0 Å². The van der Waals surface area contributed by atoms with Crippen LogP contribution in [0, 0.1) is 5.92 Å². The van der Waals surface area contributed by atoms with Gasteiger partial charge in [-0.2, -0.15) is 0 Å². The summed E-state index contributed by atoms with van der Waals surface area (Å²) >= 11 is 4.91. The molecule has 4 nitrogen and oxygen atoms in total. The van der Waals surface area contributed by atoms with E-state index in [4.69, 9.17) is 25.8 Å². The maximum Gasteiger partial charge on any atom is 0.183 e. The number of hydrogen-bond acceptors (Lipinski definition) is 4. The van der Waals surface area contributed by atoms with E-state index in [0.717, 1.165) is 6.42 Å². The lowest BCUT2D eigenvalue weighted by molar-refractivity contribution is -0.0388. The molecule has 0 aromatic carbocycles. The van der Waals surface area contributed by atoms with Crippen LogP contribution in [0.3, 0.4) is 0 Å². The Morgan fingerprint density at radius 3 is 2.62 bits per heavy atom. The van der Waals surface area contributed by atoms with Crippen molar-refractivity contribution in [1.82, 2.24) is 0 Å². The summed E-state index contributed by atoms with van der Waals surface area (Å²) < 4.78 is 16.4. The van der Waals surface area contributed by atoms with E-state index < -0.39 is 6.49 Å². The van der Waals surface area contributed by atoms with Crippen molar-refractivity contribution in [2.75, 3.05) is 20.4 Å². The van der Waals surface area contributed by atoms with E-state index in [1.54, 1.807) is 13.8 Å². The predicted molar refractivity (Wildman–Crippen MR) is 67.3 cm³/mol. The molecule has 1 unspecified atom stereocenters. The number of hydrogen-bond donors (Lipinski definition) is 1. The molecule has 0 bridgehead atoms. The van der Waals surface area contributed by atoms with Gasteiger partial charge < -0.3 is 18.9 Å². The Morgan fingerprint density at radius 1 is 1.56 bits per heavy atom. The molecule has 96 valence electrons. The predicted octanol–water partition coefficient (Wildman–Crippen LogP) is 1.76. The van der Waals surface area contributed by atoms with E-state index in [1.165, 1.54) is 0 Å². The Labute approximate surface area is 102 Å². The fraction of sp³-hybridized carbons (Fsp3) is 1.00. The molecule has 6 heteroatoms. The van der Waals surface area contributed by atoms with E-state index in [2.05, 4.69) is 13.8 Å². The van der Waals surface area contributed by atoms with Gasteiger partial charge >= 0.3 is 0 Å². The minimum Gasteiger partial charge on any atom is -0.382 e. The molecule has 0 saturated carbocycles. The third kappa shape index (κ3) is 4.40. The first kappa shape index (κ1) is 14.6. The molecule has 16 heavy (non-hydrogen) atoms. The summed E-state index contributed by atoms with van der Waals surface area (Å²) in [6.45, 7) is 3.62. The van der Waals surface area contributed by atoms with E-state index in [0.29, 0.717) is 12.5 Å². The van der Waals surface area contributed by atoms with Crippen molar-refractivity contribution in [2.45, 2.75) is 38.6 Å². The van der Waals surface area contributed by atoms with Gasteiger partial charge in [0, 0.05) is 20.2 Å². The third-order valence-corrected chi connectivity index (χ3v) is 3.55. The Bertz CT molecular complexity index is 266. The maximum atomic E-state index is 9.60. The Balaban J connectivity index is 2.62. The first-order chi connectivity index (χ1) is 7.33. The van der Waals surface area contributed by atoms with Crippen LogP contribution in [0.5, 0.6) is 0 Å².